The van der Waals surface area contributed by atoms with Crippen molar-refractivity contribution >= 4 is 6.29 Å². The zero-order chi connectivity index (χ0) is 6.32. The molecule has 2 saturated carbocycles. The molecule has 0 N–H and O–H groups in total. The molecule has 1 nitrogen and oxygen atoms in total. The van der Waals surface area contributed by atoms with Crippen molar-refractivity contribution in [2.45, 2.75) is 32.1 Å². The summed E-state index contributed by atoms with van der Waals surface area (Å²) in [4.78, 5) is 10.3. The van der Waals surface area contributed by atoms with Crippen molar-refractivity contribution in [3.8, 4) is 0 Å². The standard InChI is InChI=1S/C8H12O/c9-6-7-1-2-8(5-7)3-4-8/h6-7H,1-5H2/t7-/m1/s1. The quantitative estimate of drug-likeness (QED) is 0.487. The molecule has 2 aliphatic carbocycles. The van der Waals surface area contributed by atoms with Gasteiger partial charge in [-0.25, -0.2) is 0 Å². The first-order chi connectivity index (χ1) is 4.35. The highest BCUT2D eigenvalue weighted by molar-refractivity contribution is 5.54. The smallest absolute Gasteiger partial charge is 0.123 e. The molecule has 1 heteroatoms. The summed E-state index contributed by atoms with van der Waals surface area (Å²) in [5.41, 5.74) is 0.686. The molecule has 2 fully saturated rings. The Morgan fingerprint density at radius 1 is 1.33 bits per heavy atom. The summed E-state index contributed by atoms with van der Waals surface area (Å²) >= 11 is 0. The van der Waals surface area contributed by atoms with Gasteiger partial charge < -0.3 is 4.79 Å². The molecule has 0 aromatic rings. The SMILES string of the molecule is O=C[C@@H]1CCC2(CC2)C1. The predicted octanol–water partition coefficient (Wildman–Crippen LogP) is 1.77. The Labute approximate surface area is 55.4 Å². The maximum Gasteiger partial charge on any atom is 0.123 e. The van der Waals surface area contributed by atoms with E-state index in [4.69, 9.17) is 0 Å². The van der Waals surface area contributed by atoms with Gasteiger partial charge in [-0.1, -0.05) is 0 Å². The molecule has 1 spiro atoms. The molecule has 1 atom stereocenters. The van der Waals surface area contributed by atoms with Gasteiger partial charge in [0.05, 0.1) is 0 Å². The summed E-state index contributed by atoms with van der Waals surface area (Å²) in [6.07, 6.45) is 7.65. The number of hydrogen-bond acceptors (Lipinski definition) is 1. The molecule has 2 aliphatic rings. The van der Waals surface area contributed by atoms with E-state index >= 15 is 0 Å². The van der Waals surface area contributed by atoms with E-state index in [-0.39, 0.29) is 0 Å². The minimum absolute atomic E-state index is 0.424. The first-order valence-electron chi connectivity index (χ1n) is 3.80. The second-order valence-electron chi connectivity index (χ2n) is 3.64. The van der Waals surface area contributed by atoms with E-state index in [1.54, 1.807) is 0 Å². The zero-order valence-electron chi connectivity index (χ0n) is 5.60. The van der Waals surface area contributed by atoms with Crippen LogP contribution in [-0.4, -0.2) is 6.29 Å². The molecule has 0 saturated heterocycles. The number of aldehydes is 1. The Bertz CT molecular complexity index is 136. The highest BCUT2D eigenvalue weighted by atomic mass is 16.1. The monoisotopic (exact) mass is 124 g/mol. The second-order valence-corrected chi connectivity index (χ2v) is 3.64. The van der Waals surface area contributed by atoms with Gasteiger partial charge in [0.1, 0.15) is 6.29 Å². The minimum Gasteiger partial charge on any atom is -0.303 e. The fraction of sp³-hybridized carbons (Fsp3) is 0.875. The van der Waals surface area contributed by atoms with Crippen molar-refractivity contribution in [1.29, 1.82) is 0 Å². The van der Waals surface area contributed by atoms with E-state index in [9.17, 15) is 4.79 Å². The lowest BCUT2D eigenvalue weighted by molar-refractivity contribution is -0.111. The van der Waals surface area contributed by atoms with E-state index in [1.165, 1.54) is 32.1 Å². The third kappa shape index (κ3) is 0.790. The van der Waals surface area contributed by atoms with Gasteiger partial charge in [0, 0.05) is 5.92 Å². The highest BCUT2D eigenvalue weighted by Gasteiger charge is 2.47. The zero-order valence-corrected chi connectivity index (χ0v) is 5.60. The summed E-state index contributed by atoms with van der Waals surface area (Å²) < 4.78 is 0. The maximum absolute atomic E-state index is 10.3. The Balaban J connectivity index is 2.00. The summed E-state index contributed by atoms with van der Waals surface area (Å²) in [7, 11) is 0. The highest BCUT2D eigenvalue weighted by Crippen LogP contribution is 2.59. The lowest BCUT2D eigenvalue weighted by Crippen LogP contribution is -1.96. The van der Waals surface area contributed by atoms with Crippen LogP contribution in [-0.2, 0) is 4.79 Å². The van der Waals surface area contributed by atoms with Gasteiger partial charge in [-0.2, -0.15) is 0 Å². The molecule has 0 aromatic heterocycles. The lowest BCUT2D eigenvalue weighted by atomic mass is 10.0. The van der Waals surface area contributed by atoms with E-state index in [0.29, 0.717) is 11.3 Å². The minimum atomic E-state index is 0.424. The number of carbonyl (C=O) groups excluding carboxylic acids is 1. The van der Waals surface area contributed by atoms with Gasteiger partial charge in [-0.05, 0) is 37.5 Å². The van der Waals surface area contributed by atoms with E-state index in [1.807, 2.05) is 0 Å². The third-order valence-corrected chi connectivity index (χ3v) is 2.89. The van der Waals surface area contributed by atoms with Gasteiger partial charge in [0.25, 0.3) is 0 Å². The Hall–Kier alpha value is -0.330. The van der Waals surface area contributed by atoms with Crippen molar-refractivity contribution in [3.05, 3.63) is 0 Å². The van der Waals surface area contributed by atoms with Gasteiger partial charge in [0.2, 0.25) is 0 Å². The Morgan fingerprint density at radius 2 is 2.11 bits per heavy atom. The first kappa shape index (κ1) is 5.45. The van der Waals surface area contributed by atoms with E-state index < -0.39 is 0 Å². The third-order valence-electron chi connectivity index (χ3n) is 2.89. The van der Waals surface area contributed by atoms with Crippen LogP contribution in [0.4, 0.5) is 0 Å². The molecular weight excluding hydrogens is 112 g/mol. The summed E-state index contributed by atoms with van der Waals surface area (Å²) in [5, 5.41) is 0. The van der Waals surface area contributed by atoms with Crippen molar-refractivity contribution < 1.29 is 4.79 Å². The van der Waals surface area contributed by atoms with Gasteiger partial charge in [-0.3, -0.25) is 0 Å². The van der Waals surface area contributed by atoms with Crippen LogP contribution in [0.3, 0.4) is 0 Å². The number of hydrogen-bond donors (Lipinski definition) is 0. The van der Waals surface area contributed by atoms with Gasteiger partial charge in [0.15, 0.2) is 0 Å². The first-order valence-corrected chi connectivity index (χ1v) is 3.80. The molecule has 0 radical (unpaired) electrons. The van der Waals surface area contributed by atoms with Crippen LogP contribution in [0.2, 0.25) is 0 Å². The molecule has 0 aliphatic heterocycles. The van der Waals surface area contributed by atoms with Crippen LogP contribution >= 0.6 is 0 Å². The molecule has 2 rings (SSSR count). The fourth-order valence-electron chi connectivity index (χ4n) is 2.00. The van der Waals surface area contributed by atoms with Crippen LogP contribution in [0.15, 0.2) is 0 Å². The molecule has 0 bridgehead atoms. The number of rotatable bonds is 1. The molecule has 0 amide bonds. The molecule has 9 heavy (non-hydrogen) atoms. The fourth-order valence-corrected chi connectivity index (χ4v) is 2.00. The van der Waals surface area contributed by atoms with Crippen molar-refractivity contribution in [3.63, 3.8) is 0 Å². The molecule has 0 unspecified atom stereocenters. The maximum atomic E-state index is 10.3. The van der Waals surface area contributed by atoms with Crippen LogP contribution < -0.4 is 0 Å². The lowest BCUT2D eigenvalue weighted by Gasteiger charge is -2.00. The Morgan fingerprint density at radius 3 is 2.44 bits per heavy atom. The molecule has 0 heterocycles. The van der Waals surface area contributed by atoms with E-state index in [2.05, 4.69) is 0 Å². The average Bonchev–Trinajstić information content (AvgIpc) is 2.44. The van der Waals surface area contributed by atoms with E-state index in [0.717, 1.165) is 6.29 Å². The molecular formula is C8H12O. The summed E-state index contributed by atoms with van der Waals surface area (Å²) in [5.74, 6) is 0.424. The van der Waals surface area contributed by atoms with Gasteiger partial charge in [-0.15, -0.1) is 0 Å². The summed E-state index contributed by atoms with van der Waals surface area (Å²) in [6.45, 7) is 0. The topological polar surface area (TPSA) is 17.1 Å². The average molecular weight is 124 g/mol. The van der Waals surface area contributed by atoms with Crippen LogP contribution in [0, 0.1) is 11.3 Å². The normalized spacial score (nSPS) is 37.1. The predicted molar refractivity (Wildman–Crippen MR) is 35.1 cm³/mol. The van der Waals surface area contributed by atoms with Crippen LogP contribution in [0.1, 0.15) is 32.1 Å². The molecule has 50 valence electrons. The summed E-state index contributed by atoms with van der Waals surface area (Å²) in [6, 6.07) is 0. The van der Waals surface area contributed by atoms with Crippen molar-refractivity contribution in [1.82, 2.24) is 0 Å². The largest absolute Gasteiger partial charge is 0.303 e. The van der Waals surface area contributed by atoms with Crippen LogP contribution in [0.5, 0.6) is 0 Å². The second kappa shape index (κ2) is 1.59. The van der Waals surface area contributed by atoms with Crippen molar-refractivity contribution in [2.24, 2.45) is 11.3 Å². The Kier molecular flexibility index (Phi) is 0.961. The molecule has 0 aromatic carbocycles. The number of carbonyl (C=O) groups is 1. The van der Waals surface area contributed by atoms with Gasteiger partial charge >= 0.3 is 0 Å². The van der Waals surface area contributed by atoms with Crippen LogP contribution in [0.25, 0.3) is 0 Å². The van der Waals surface area contributed by atoms with Crippen molar-refractivity contribution in [2.75, 3.05) is 0 Å².